The highest BCUT2D eigenvalue weighted by Gasteiger charge is 2.48. The average molecular weight is 552 g/mol. The number of hydrogen-bond donors (Lipinski definition) is 3. The monoisotopic (exact) mass is 551 g/mol. The van der Waals surface area contributed by atoms with E-state index < -0.39 is 29.8 Å². The number of methoxy groups -OCH3 is 1. The van der Waals surface area contributed by atoms with Gasteiger partial charge in [0, 0.05) is 30.4 Å². The van der Waals surface area contributed by atoms with Crippen molar-refractivity contribution in [3.8, 4) is 5.75 Å². The summed E-state index contributed by atoms with van der Waals surface area (Å²) in [5.74, 6) is -4.62. The van der Waals surface area contributed by atoms with Gasteiger partial charge in [-0.05, 0) is 68.4 Å². The van der Waals surface area contributed by atoms with Crippen molar-refractivity contribution in [2.24, 2.45) is 5.92 Å². The number of nitrogens with zero attached hydrogens (tertiary/aromatic N) is 1. The zero-order chi connectivity index (χ0) is 28.3. The number of ether oxygens (including phenoxy) is 2. The van der Waals surface area contributed by atoms with Crippen LogP contribution in [0.5, 0.6) is 5.75 Å². The van der Waals surface area contributed by atoms with Crippen LogP contribution < -0.4 is 10.1 Å². The second kappa shape index (κ2) is 11.8. The first-order valence-electron chi connectivity index (χ1n) is 13.7. The van der Waals surface area contributed by atoms with Crippen LogP contribution in [-0.2, 0) is 20.7 Å². The van der Waals surface area contributed by atoms with Crippen LogP contribution in [0.3, 0.4) is 0 Å². The SMILES string of the molecule is COc1cc(CC(=O)C(F)(OC2CCC(C(=O)O)CC2)N2CCCC2)ccc1NC(=O)c1cc2ccccc2[nH]1. The van der Waals surface area contributed by atoms with E-state index in [-0.39, 0.29) is 12.3 Å². The number of para-hydroxylation sites is 1. The number of nitrogens with one attached hydrogen (secondary N) is 2. The van der Waals surface area contributed by atoms with Crippen molar-refractivity contribution in [3.05, 3.63) is 59.8 Å². The molecule has 1 aromatic heterocycles. The fourth-order valence-corrected chi connectivity index (χ4v) is 5.60. The van der Waals surface area contributed by atoms with Gasteiger partial charge in [-0.15, -0.1) is 0 Å². The molecule has 0 bridgehead atoms. The molecule has 1 saturated heterocycles. The Morgan fingerprint density at radius 1 is 1.07 bits per heavy atom. The molecule has 1 unspecified atom stereocenters. The molecule has 212 valence electrons. The smallest absolute Gasteiger partial charge is 0.330 e. The number of halogens is 1. The number of H-pyrrole nitrogens is 1. The van der Waals surface area contributed by atoms with E-state index in [0.717, 1.165) is 23.7 Å². The summed E-state index contributed by atoms with van der Waals surface area (Å²) >= 11 is 0. The topological polar surface area (TPSA) is 121 Å². The number of benzene rings is 2. The van der Waals surface area contributed by atoms with Crippen molar-refractivity contribution < 1.29 is 33.4 Å². The highest BCUT2D eigenvalue weighted by atomic mass is 19.2. The number of Topliss-reactive ketones (excluding diaryl/α,β-unsaturated/α-hetero) is 1. The third-order valence-corrected chi connectivity index (χ3v) is 7.86. The Bertz CT molecular complexity index is 1360. The Hall–Kier alpha value is -3.76. The lowest BCUT2D eigenvalue weighted by molar-refractivity contribution is -0.252. The molecule has 40 heavy (non-hydrogen) atoms. The minimum atomic E-state index is -2.59. The molecule has 1 amide bonds. The first kappa shape index (κ1) is 27.8. The molecule has 9 nitrogen and oxygen atoms in total. The summed E-state index contributed by atoms with van der Waals surface area (Å²) in [5.41, 5.74) is 2.17. The number of alkyl halides is 1. The first-order valence-corrected chi connectivity index (χ1v) is 13.7. The van der Waals surface area contributed by atoms with E-state index in [9.17, 15) is 19.5 Å². The maximum absolute atomic E-state index is 16.5. The molecule has 0 radical (unpaired) electrons. The van der Waals surface area contributed by atoms with E-state index in [4.69, 9.17) is 9.47 Å². The number of rotatable bonds is 10. The number of aromatic amines is 1. The van der Waals surface area contributed by atoms with Crippen LogP contribution in [0.25, 0.3) is 10.9 Å². The van der Waals surface area contributed by atoms with Crippen molar-refractivity contribution in [2.45, 2.75) is 57.0 Å². The second-order valence-corrected chi connectivity index (χ2v) is 10.5. The molecule has 1 aliphatic carbocycles. The minimum absolute atomic E-state index is 0.232. The van der Waals surface area contributed by atoms with Gasteiger partial charge in [0.05, 0.1) is 24.8 Å². The maximum Gasteiger partial charge on any atom is 0.330 e. The summed E-state index contributed by atoms with van der Waals surface area (Å²) < 4.78 is 27.8. The van der Waals surface area contributed by atoms with Gasteiger partial charge in [-0.2, -0.15) is 4.39 Å². The van der Waals surface area contributed by atoms with E-state index in [1.165, 1.54) is 12.0 Å². The van der Waals surface area contributed by atoms with Crippen LogP contribution in [0.2, 0.25) is 0 Å². The number of hydrogen-bond acceptors (Lipinski definition) is 6. The van der Waals surface area contributed by atoms with E-state index in [2.05, 4.69) is 10.3 Å². The number of fused-ring (bicyclic) bond motifs is 1. The van der Waals surface area contributed by atoms with Gasteiger partial charge in [0.25, 0.3) is 5.91 Å². The molecular weight excluding hydrogens is 517 g/mol. The summed E-state index contributed by atoms with van der Waals surface area (Å²) in [6, 6.07) is 14.2. The lowest BCUT2D eigenvalue weighted by atomic mass is 9.87. The van der Waals surface area contributed by atoms with Gasteiger partial charge in [-0.3, -0.25) is 14.4 Å². The molecule has 3 aromatic rings. The van der Waals surface area contributed by atoms with Crippen molar-refractivity contribution in [1.29, 1.82) is 0 Å². The Labute approximate surface area is 231 Å². The van der Waals surface area contributed by atoms with Crippen molar-refractivity contribution in [3.63, 3.8) is 0 Å². The number of likely N-dealkylation sites (tertiary alicyclic amines) is 1. The van der Waals surface area contributed by atoms with Gasteiger partial charge in [-0.25, -0.2) is 4.90 Å². The van der Waals surface area contributed by atoms with E-state index >= 15 is 4.39 Å². The van der Waals surface area contributed by atoms with Gasteiger partial charge in [0.1, 0.15) is 11.4 Å². The summed E-state index contributed by atoms with van der Waals surface area (Å²) in [4.78, 5) is 42.2. The van der Waals surface area contributed by atoms with Gasteiger partial charge < -0.3 is 24.9 Å². The summed E-state index contributed by atoms with van der Waals surface area (Å²) in [6.45, 7) is 0.823. The summed E-state index contributed by atoms with van der Waals surface area (Å²) in [6.07, 6.45) is 2.36. The predicted octanol–water partition coefficient (Wildman–Crippen LogP) is 4.92. The van der Waals surface area contributed by atoms with E-state index in [0.29, 0.717) is 61.5 Å². The van der Waals surface area contributed by atoms with Gasteiger partial charge in [-0.1, -0.05) is 24.3 Å². The molecule has 2 aliphatic rings. The van der Waals surface area contributed by atoms with Crippen LogP contribution in [0.1, 0.15) is 54.6 Å². The highest BCUT2D eigenvalue weighted by molar-refractivity contribution is 6.06. The second-order valence-electron chi connectivity index (χ2n) is 10.5. The largest absolute Gasteiger partial charge is 0.495 e. The molecule has 2 fully saturated rings. The van der Waals surface area contributed by atoms with Crippen molar-refractivity contribution >= 4 is 34.3 Å². The summed E-state index contributed by atoms with van der Waals surface area (Å²) in [7, 11) is 1.46. The third kappa shape index (κ3) is 5.88. The summed E-state index contributed by atoms with van der Waals surface area (Å²) in [5, 5.41) is 13.0. The molecule has 3 N–H and O–H groups in total. The van der Waals surface area contributed by atoms with E-state index in [1.807, 2.05) is 24.3 Å². The molecule has 2 aromatic carbocycles. The van der Waals surface area contributed by atoms with Crippen LogP contribution in [0.15, 0.2) is 48.5 Å². The first-order chi connectivity index (χ1) is 19.3. The van der Waals surface area contributed by atoms with Crippen molar-refractivity contribution in [2.75, 3.05) is 25.5 Å². The molecule has 5 rings (SSSR count). The molecule has 1 aliphatic heterocycles. The molecule has 0 spiro atoms. The molecule has 1 saturated carbocycles. The number of amides is 1. The highest BCUT2D eigenvalue weighted by Crippen LogP contribution is 2.35. The fourth-order valence-electron chi connectivity index (χ4n) is 5.60. The third-order valence-electron chi connectivity index (χ3n) is 7.86. The zero-order valence-corrected chi connectivity index (χ0v) is 22.5. The normalized spacial score (nSPS) is 21.1. The number of aliphatic carboxylic acids is 1. The molecule has 1 atom stereocenters. The lowest BCUT2D eigenvalue weighted by Crippen LogP contribution is -2.54. The number of anilines is 1. The number of carbonyl (C=O) groups is 3. The number of aromatic nitrogens is 1. The molecule has 2 heterocycles. The van der Waals surface area contributed by atoms with Crippen molar-refractivity contribution in [1.82, 2.24) is 9.88 Å². The Morgan fingerprint density at radius 3 is 2.48 bits per heavy atom. The number of carboxylic acid groups (broad SMARTS) is 1. The Balaban J connectivity index is 1.29. The number of ketones is 1. The zero-order valence-electron chi connectivity index (χ0n) is 22.5. The van der Waals surface area contributed by atoms with E-state index in [1.54, 1.807) is 24.3 Å². The number of carboxylic acids is 1. The average Bonchev–Trinajstić information content (AvgIpc) is 3.65. The van der Waals surface area contributed by atoms with Crippen LogP contribution in [0.4, 0.5) is 10.1 Å². The molecule has 10 heteroatoms. The predicted molar refractivity (Wildman–Crippen MR) is 147 cm³/mol. The minimum Gasteiger partial charge on any atom is -0.495 e. The quantitative estimate of drug-likeness (QED) is 0.306. The Morgan fingerprint density at radius 2 is 1.80 bits per heavy atom. The Kier molecular flexibility index (Phi) is 8.18. The lowest BCUT2D eigenvalue weighted by Gasteiger charge is -2.37. The van der Waals surface area contributed by atoms with Gasteiger partial charge >= 0.3 is 11.9 Å². The van der Waals surface area contributed by atoms with Crippen LogP contribution >= 0.6 is 0 Å². The van der Waals surface area contributed by atoms with Crippen LogP contribution in [-0.4, -0.2) is 64.9 Å². The fraction of sp³-hybridized carbons (Fsp3) is 0.433. The maximum atomic E-state index is 16.5. The van der Waals surface area contributed by atoms with Gasteiger partial charge in [0.2, 0.25) is 5.78 Å². The van der Waals surface area contributed by atoms with Gasteiger partial charge in [0.15, 0.2) is 0 Å². The van der Waals surface area contributed by atoms with Crippen LogP contribution in [0, 0.1) is 5.92 Å². The number of carbonyl (C=O) groups excluding carboxylic acids is 2. The molecular formula is C30H34FN3O6. The standard InChI is InChI=1S/C30H34FN3O6/c1-39-26-16-19(8-13-24(26)33-28(36)25-18-21-6-2-3-7-23(21)32-25)17-27(35)30(31,34-14-4-5-15-34)40-22-11-9-20(10-12-22)29(37)38/h2-3,6-8,13,16,18,20,22,32H,4-5,9-12,14-15,17H2,1H3,(H,33,36)(H,37,38).